The van der Waals surface area contributed by atoms with Gasteiger partial charge in [-0.3, -0.25) is 0 Å². The van der Waals surface area contributed by atoms with E-state index in [1.807, 2.05) is 0 Å². The molecule has 84 valence electrons. The highest BCUT2D eigenvalue weighted by atomic mass is 35.5. The molecule has 0 saturated carbocycles. The Kier molecular flexibility index (Phi) is 4.17. The molecule has 0 aliphatic carbocycles. The summed E-state index contributed by atoms with van der Waals surface area (Å²) in [5.41, 5.74) is 0. The molecule has 1 fully saturated rings. The highest BCUT2D eigenvalue weighted by Gasteiger charge is 2.10. The summed E-state index contributed by atoms with van der Waals surface area (Å²) < 4.78 is 7.97. The lowest BCUT2D eigenvalue weighted by Gasteiger charge is -2.26. The molecule has 1 aromatic rings. The average Bonchev–Trinajstić information content (AvgIpc) is 2.66. The highest BCUT2D eigenvalue weighted by Crippen LogP contribution is 2.17. The second kappa shape index (κ2) is 5.63. The van der Waals surface area contributed by atoms with Gasteiger partial charge in [0.1, 0.15) is 0 Å². The van der Waals surface area contributed by atoms with Crippen LogP contribution in [0.3, 0.4) is 0 Å². The second-order valence-corrected chi connectivity index (χ2v) is 4.62. The SMILES string of the molecule is Clc1nsnc1NCCN1CCCCC1. The lowest BCUT2D eigenvalue weighted by molar-refractivity contribution is 0.237. The lowest BCUT2D eigenvalue weighted by atomic mass is 10.1. The summed E-state index contributed by atoms with van der Waals surface area (Å²) in [6.45, 7) is 4.41. The molecular weight excluding hydrogens is 232 g/mol. The van der Waals surface area contributed by atoms with Crippen molar-refractivity contribution in [1.29, 1.82) is 0 Å². The average molecular weight is 247 g/mol. The van der Waals surface area contributed by atoms with Crippen LogP contribution in [-0.4, -0.2) is 39.8 Å². The summed E-state index contributed by atoms with van der Waals surface area (Å²) in [4.78, 5) is 2.48. The Morgan fingerprint density at radius 1 is 1.27 bits per heavy atom. The molecule has 1 saturated heterocycles. The predicted molar refractivity (Wildman–Crippen MR) is 63.7 cm³/mol. The van der Waals surface area contributed by atoms with Crippen molar-refractivity contribution in [2.75, 3.05) is 31.5 Å². The maximum atomic E-state index is 5.82. The van der Waals surface area contributed by atoms with Crippen molar-refractivity contribution >= 4 is 29.1 Å². The van der Waals surface area contributed by atoms with Gasteiger partial charge in [0, 0.05) is 13.1 Å². The number of hydrogen-bond donors (Lipinski definition) is 1. The van der Waals surface area contributed by atoms with Crippen LogP contribution >= 0.6 is 23.3 Å². The largest absolute Gasteiger partial charge is 0.365 e. The Hall–Kier alpha value is -0.390. The van der Waals surface area contributed by atoms with Crippen molar-refractivity contribution in [3.8, 4) is 0 Å². The minimum atomic E-state index is 0.485. The molecule has 0 bridgehead atoms. The normalized spacial score (nSPS) is 17.9. The van der Waals surface area contributed by atoms with Crippen LogP contribution in [0.2, 0.25) is 5.15 Å². The molecule has 6 heteroatoms. The van der Waals surface area contributed by atoms with Gasteiger partial charge in [0.25, 0.3) is 0 Å². The minimum absolute atomic E-state index is 0.485. The van der Waals surface area contributed by atoms with Gasteiger partial charge in [-0.15, -0.1) is 0 Å². The predicted octanol–water partition coefficient (Wildman–Crippen LogP) is 2.09. The molecular formula is C9H15ClN4S. The van der Waals surface area contributed by atoms with Crippen LogP contribution in [0.25, 0.3) is 0 Å². The van der Waals surface area contributed by atoms with Crippen LogP contribution in [0.4, 0.5) is 5.82 Å². The van der Waals surface area contributed by atoms with Crippen LogP contribution in [0.1, 0.15) is 19.3 Å². The molecule has 1 aromatic heterocycles. The molecule has 0 unspecified atom stereocenters. The van der Waals surface area contributed by atoms with E-state index in [0.29, 0.717) is 5.15 Å². The van der Waals surface area contributed by atoms with E-state index in [2.05, 4.69) is 19.0 Å². The van der Waals surface area contributed by atoms with Crippen molar-refractivity contribution in [1.82, 2.24) is 13.6 Å². The number of rotatable bonds is 4. The first-order chi connectivity index (χ1) is 7.36. The fourth-order valence-electron chi connectivity index (χ4n) is 1.80. The zero-order valence-electron chi connectivity index (χ0n) is 8.58. The Morgan fingerprint density at radius 3 is 2.73 bits per heavy atom. The number of piperidine rings is 1. The standard InChI is InChI=1S/C9H15ClN4S/c10-8-9(13-15-12-8)11-4-7-14-5-2-1-3-6-14/h1-7H2,(H,11,13). The first-order valence-electron chi connectivity index (χ1n) is 5.30. The minimum Gasteiger partial charge on any atom is -0.365 e. The summed E-state index contributed by atoms with van der Waals surface area (Å²) in [7, 11) is 0. The van der Waals surface area contributed by atoms with Crippen LogP contribution in [-0.2, 0) is 0 Å². The van der Waals surface area contributed by atoms with Crippen molar-refractivity contribution in [2.24, 2.45) is 0 Å². The summed E-state index contributed by atoms with van der Waals surface area (Å²) >= 11 is 6.97. The van der Waals surface area contributed by atoms with Crippen molar-refractivity contribution in [2.45, 2.75) is 19.3 Å². The third-order valence-electron chi connectivity index (χ3n) is 2.62. The van der Waals surface area contributed by atoms with Gasteiger partial charge in [-0.05, 0) is 25.9 Å². The molecule has 0 amide bonds. The monoisotopic (exact) mass is 246 g/mol. The van der Waals surface area contributed by atoms with Gasteiger partial charge in [0.2, 0.25) is 0 Å². The Balaban J connectivity index is 1.68. The van der Waals surface area contributed by atoms with Gasteiger partial charge in [-0.25, -0.2) is 0 Å². The van der Waals surface area contributed by atoms with E-state index in [0.717, 1.165) is 30.6 Å². The smallest absolute Gasteiger partial charge is 0.186 e. The molecule has 2 heterocycles. The Labute approximate surface area is 99.0 Å². The van der Waals surface area contributed by atoms with Crippen LogP contribution in [0, 0.1) is 0 Å². The Bertz CT molecular complexity index is 298. The number of hydrogen-bond acceptors (Lipinski definition) is 5. The molecule has 0 aromatic carbocycles. The maximum absolute atomic E-state index is 5.82. The summed E-state index contributed by atoms with van der Waals surface area (Å²) in [6, 6.07) is 0. The second-order valence-electron chi connectivity index (χ2n) is 3.73. The van der Waals surface area contributed by atoms with Gasteiger partial charge in [-0.2, -0.15) is 8.75 Å². The fraction of sp³-hybridized carbons (Fsp3) is 0.778. The molecule has 2 rings (SSSR count). The molecule has 1 aliphatic heterocycles. The first kappa shape index (κ1) is 11.1. The molecule has 4 nitrogen and oxygen atoms in total. The van der Waals surface area contributed by atoms with E-state index in [1.165, 1.54) is 32.4 Å². The number of nitrogens with one attached hydrogen (secondary N) is 1. The number of aromatic nitrogens is 2. The third-order valence-corrected chi connectivity index (χ3v) is 3.51. The molecule has 1 aliphatic rings. The third kappa shape index (κ3) is 3.29. The number of likely N-dealkylation sites (tertiary alicyclic amines) is 1. The van der Waals surface area contributed by atoms with Crippen molar-refractivity contribution in [3.63, 3.8) is 0 Å². The van der Waals surface area contributed by atoms with Crippen LogP contribution in [0.15, 0.2) is 0 Å². The van der Waals surface area contributed by atoms with E-state index in [9.17, 15) is 0 Å². The van der Waals surface area contributed by atoms with Crippen molar-refractivity contribution in [3.05, 3.63) is 5.15 Å². The number of nitrogens with zero attached hydrogens (tertiary/aromatic N) is 3. The van der Waals surface area contributed by atoms with Gasteiger partial charge < -0.3 is 10.2 Å². The first-order valence-corrected chi connectivity index (χ1v) is 6.41. The molecule has 15 heavy (non-hydrogen) atoms. The maximum Gasteiger partial charge on any atom is 0.186 e. The van der Waals surface area contributed by atoms with Gasteiger partial charge >= 0.3 is 0 Å². The van der Waals surface area contributed by atoms with E-state index in [1.54, 1.807) is 0 Å². The Morgan fingerprint density at radius 2 is 2.07 bits per heavy atom. The van der Waals surface area contributed by atoms with E-state index >= 15 is 0 Å². The van der Waals surface area contributed by atoms with Crippen molar-refractivity contribution < 1.29 is 0 Å². The number of anilines is 1. The summed E-state index contributed by atoms with van der Waals surface area (Å²) in [5, 5.41) is 3.69. The van der Waals surface area contributed by atoms with Crippen LogP contribution < -0.4 is 5.32 Å². The molecule has 0 atom stereocenters. The molecule has 1 N–H and O–H groups in total. The zero-order valence-corrected chi connectivity index (χ0v) is 10.2. The van der Waals surface area contributed by atoms with E-state index < -0.39 is 0 Å². The number of halogens is 1. The van der Waals surface area contributed by atoms with E-state index in [4.69, 9.17) is 11.6 Å². The van der Waals surface area contributed by atoms with Gasteiger partial charge in [-0.1, -0.05) is 18.0 Å². The quantitative estimate of drug-likeness (QED) is 0.883. The summed E-state index contributed by atoms with van der Waals surface area (Å²) in [5.74, 6) is 0.721. The topological polar surface area (TPSA) is 41.1 Å². The van der Waals surface area contributed by atoms with Gasteiger partial charge in [0.15, 0.2) is 11.0 Å². The van der Waals surface area contributed by atoms with Gasteiger partial charge in [0.05, 0.1) is 11.7 Å². The van der Waals surface area contributed by atoms with E-state index in [-0.39, 0.29) is 0 Å². The summed E-state index contributed by atoms with van der Waals surface area (Å²) in [6.07, 6.45) is 4.05. The molecule has 0 radical (unpaired) electrons. The highest BCUT2D eigenvalue weighted by molar-refractivity contribution is 6.99. The molecule has 0 spiro atoms. The lowest BCUT2D eigenvalue weighted by Crippen LogP contribution is -2.33. The fourth-order valence-corrected chi connectivity index (χ4v) is 2.48. The zero-order chi connectivity index (χ0) is 10.5. The van der Waals surface area contributed by atoms with Crippen LogP contribution in [0.5, 0.6) is 0 Å².